The molecular formula is C15H21N3O4. The summed E-state index contributed by atoms with van der Waals surface area (Å²) in [6.45, 7) is 4.27. The van der Waals surface area contributed by atoms with Crippen molar-refractivity contribution in [1.29, 1.82) is 0 Å². The lowest BCUT2D eigenvalue weighted by Gasteiger charge is -2.13. The zero-order chi connectivity index (χ0) is 15.9. The predicted molar refractivity (Wildman–Crippen MR) is 78.8 cm³/mol. The molecule has 0 saturated carbocycles. The van der Waals surface area contributed by atoms with Gasteiger partial charge in [0, 0.05) is 19.4 Å². The van der Waals surface area contributed by atoms with Crippen molar-refractivity contribution in [3.63, 3.8) is 0 Å². The molecular weight excluding hydrogens is 286 g/mol. The number of nitrogens with zero attached hydrogens (tertiary/aromatic N) is 2. The van der Waals surface area contributed by atoms with Gasteiger partial charge in [0.1, 0.15) is 0 Å². The third-order valence-corrected chi connectivity index (χ3v) is 3.17. The fraction of sp³-hybridized carbons (Fsp3) is 0.533. The zero-order valence-corrected chi connectivity index (χ0v) is 12.8. The van der Waals surface area contributed by atoms with E-state index in [-0.39, 0.29) is 24.3 Å². The Morgan fingerprint density at radius 1 is 1.45 bits per heavy atom. The maximum Gasteiger partial charge on any atom is 0.238 e. The summed E-state index contributed by atoms with van der Waals surface area (Å²) in [7, 11) is 0. The number of carbonyl (C=O) groups excluding carboxylic acids is 1. The molecule has 1 amide bonds. The summed E-state index contributed by atoms with van der Waals surface area (Å²) in [4.78, 5) is 15.9. The van der Waals surface area contributed by atoms with Gasteiger partial charge in [-0.3, -0.25) is 4.79 Å². The van der Waals surface area contributed by atoms with E-state index >= 15 is 0 Å². The van der Waals surface area contributed by atoms with Gasteiger partial charge in [0.05, 0.1) is 12.4 Å². The van der Waals surface area contributed by atoms with Crippen LogP contribution in [0.15, 0.2) is 27.3 Å². The van der Waals surface area contributed by atoms with E-state index in [1.54, 1.807) is 19.1 Å². The van der Waals surface area contributed by atoms with E-state index in [2.05, 4.69) is 15.5 Å². The molecule has 2 rings (SSSR count). The van der Waals surface area contributed by atoms with Crippen molar-refractivity contribution in [3.8, 4) is 11.6 Å². The number of aliphatic hydroxyl groups excluding tert-OH is 1. The highest BCUT2D eigenvalue weighted by atomic mass is 16.5. The van der Waals surface area contributed by atoms with E-state index in [1.165, 1.54) is 6.26 Å². The number of amides is 1. The van der Waals surface area contributed by atoms with E-state index in [0.717, 1.165) is 0 Å². The summed E-state index contributed by atoms with van der Waals surface area (Å²) >= 11 is 0. The Labute approximate surface area is 128 Å². The minimum atomic E-state index is -0.356. The second kappa shape index (κ2) is 7.74. The Bertz CT molecular complexity index is 577. The molecule has 0 radical (unpaired) electrons. The summed E-state index contributed by atoms with van der Waals surface area (Å²) in [5, 5.41) is 15.9. The summed E-state index contributed by atoms with van der Waals surface area (Å²) in [6.07, 6.45) is 2.50. The minimum Gasteiger partial charge on any atom is -0.461 e. The third-order valence-electron chi connectivity index (χ3n) is 3.17. The number of hydrogen-bond acceptors (Lipinski definition) is 6. The second-order valence-electron chi connectivity index (χ2n) is 5.48. The molecule has 0 aliphatic rings. The first-order valence-electron chi connectivity index (χ1n) is 7.36. The molecule has 0 aliphatic heterocycles. The monoisotopic (exact) mass is 307 g/mol. The predicted octanol–water partition coefficient (Wildman–Crippen LogP) is 1.79. The van der Waals surface area contributed by atoms with Gasteiger partial charge in [-0.25, -0.2) is 0 Å². The highest BCUT2D eigenvalue weighted by Crippen LogP contribution is 2.16. The van der Waals surface area contributed by atoms with Crippen LogP contribution in [-0.2, 0) is 11.2 Å². The smallest absolute Gasteiger partial charge is 0.238 e. The van der Waals surface area contributed by atoms with Crippen LogP contribution in [0.1, 0.15) is 32.6 Å². The normalized spacial score (nSPS) is 13.8. The van der Waals surface area contributed by atoms with Crippen molar-refractivity contribution in [2.75, 3.05) is 6.54 Å². The number of aromatic nitrogens is 2. The average Bonchev–Trinajstić information content (AvgIpc) is 3.12. The molecule has 2 aromatic rings. The molecule has 7 nitrogen and oxygen atoms in total. The molecule has 0 spiro atoms. The summed E-state index contributed by atoms with van der Waals surface area (Å²) in [5.74, 6) is 1.48. The van der Waals surface area contributed by atoms with Gasteiger partial charge in [0.2, 0.25) is 17.6 Å². The summed E-state index contributed by atoms with van der Waals surface area (Å²) < 4.78 is 10.3. The summed E-state index contributed by atoms with van der Waals surface area (Å²) in [5.41, 5.74) is 0. The van der Waals surface area contributed by atoms with Crippen LogP contribution in [0.3, 0.4) is 0 Å². The number of rotatable bonds is 8. The number of aryl methyl sites for hydroxylation is 1. The maximum absolute atomic E-state index is 11.8. The molecule has 22 heavy (non-hydrogen) atoms. The van der Waals surface area contributed by atoms with Crippen molar-refractivity contribution in [2.45, 2.75) is 39.2 Å². The van der Waals surface area contributed by atoms with Gasteiger partial charge in [-0.1, -0.05) is 12.1 Å². The molecule has 2 heterocycles. The molecule has 2 aromatic heterocycles. The largest absolute Gasteiger partial charge is 0.461 e. The van der Waals surface area contributed by atoms with Crippen LogP contribution in [-0.4, -0.2) is 33.8 Å². The molecule has 0 aromatic carbocycles. The lowest BCUT2D eigenvalue weighted by Crippen LogP contribution is -2.29. The zero-order valence-electron chi connectivity index (χ0n) is 12.8. The average molecular weight is 307 g/mol. The molecule has 120 valence electrons. The number of furan rings is 1. The number of aliphatic hydroxyl groups is 1. The number of nitrogens with one attached hydrogen (secondary N) is 1. The van der Waals surface area contributed by atoms with Crippen molar-refractivity contribution in [3.05, 3.63) is 24.3 Å². The van der Waals surface area contributed by atoms with Gasteiger partial charge in [-0.05, 0) is 31.4 Å². The molecule has 0 unspecified atom stereocenters. The van der Waals surface area contributed by atoms with Gasteiger partial charge < -0.3 is 19.4 Å². The molecule has 2 atom stereocenters. The Morgan fingerprint density at radius 2 is 2.27 bits per heavy atom. The molecule has 0 aliphatic carbocycles. The van der Waals surface area contributed by atoms with Crippen molar-refractivity contribution in [1.82, 2.24) is 15.5 Å². The maximum atomic E-state index is 11.8. The van der Waals surface area contributed by atoms with Gasteiger partial charge in [-0.15, -0.1) is 0 Å². The van der Waals surface area contributed by atoms with Crippen LogP contribution >= 0.6 is 0 Å². The van der Waals surface area contributed by atoms with Gasteiger partial charge >= 0.3 is 0 Å². The SMILES string of the molecule is C[C@H](CNC(=O)CCc1nc(-c2ccco2)no1)C[C@H](C)O. The minimum absolute atomic E-state index is 0.0739. The highest BCUT2D eigenvalue weighted by Gasteiger charge is 2.13. The van der Waals surface area contributed by atoms with E-state index in [1.807, 2.05) is 6.92 Å². The van der Waals surface area contributed by atoms with Crippen LogP contribution in [0, 0.1) is 5.92 Å². The van der Waals surface area contributed by atoms with Gasteiger partial charge in [0.15, 0.2) is 5.76 Å². The van der Waals surface area contributed by atoms with Gasteiger partial charge in [-0.2, -0.15) is 4.98 Å². The standard InChI is InChI=1S/C15H21N3O4/c1-10(8-11(2)19)9-16-13(20)5-6-14-17-15(18-22-14)12-4-3-7-21-12/h3-4,7,10-11,19H,5-6,8-9H2,1-2H3,(H,16,20)/t10-,11-/m0/s1. The van der Waals surface area contributed by atoms with Crippen LogP contribution in [0.25, 0.3) is 11.6 Å². The quantitative estimate of drug-likeness (QED) is 0.771. The molecule has 0 bridgehead atoms. The van der Waals surface area contributed by atoms with Crippen LogP contribution in [0.4, 0.5) is 0 Å². The fourth-order valence-corrected chi connectivity index (χ4v) is 2.12. The van der Waals surface area contributed by atoms with Crippen LogP contribution in [0.5, 0.6) is 0 Å². The molecule has 0 saturated heterocycles. The van der Waals surface area contributed by atoms with E-state index in [4.69, 9.17) is 8.94 Å². The van der Waals surface area contributed by atoms with E-state index in [9.17, 15) is 9.90 Å². The van der Waals surface area contributed by atoms with Crippen molar-refractivity contribution < 1.29 is 18.8 Å². The lowest BCUT2D eigenvalue weighted by molar-refractivity contribution is -0.121. The number of carbonyl (C=O) groups is 1. The Hall–Kier alpha value is -2.15. The third kappa shape index (κ3) is 5.00. The fourth-order valence-electron chi connectivity index (χ4n) is 2.12. The molecule has 0 fully saturated rings. The first-order chi connectivity index (χ1) is 10.5. The molecule has 2 N–H and O–H groups in total. The van der Waals surface area contributed by atoms with Crippen molar-refractivity contribution in [2.24, 2.45) is 5.92 Å². The summed E-state index contributed by atoms with van der Waals surface area (Å²) in [6, 6.07) is 3.48. The first-order valence-corrected chi connectivity index (χ1v) is 7.36. The Morgan fingerprint density at radius 3 is 2.95 bits per heavy atom. The highest BCUT2D eigenvalue weighted by molar-refractivity contribution is 5.76. The van der Waals surface area contributed by atoms with E-state index < -0.39 is 0 Å². The van der Waals surface area contributed by atoms with E-state index in [0.29, 0.717) is 36.9 Å². The lowest BCUT2D eigenvalue weighted by atomic mass is 10.0. The first kappa shape index (κ1) is 16.2. The second-order valence-corrected chi connectivity index (χ2v) is 5.48. The van der Waals surface area contributed by atoms with Crippen LogP contribution in [0.2, 0.25) is 0 Å². The van der Waals surface area contributed by atoms with Crippen molar-refractivity contribution >= 4 is 5.91 Å². The molecule has 7 heteroatoms. The Kier molecular flexibility index (Phi) is 5.71. The number of hydrogen-bond donors (Lipinski definition) is 2. The van der Waals surface area contributed by atoms with Crippen LogP contribution < -0.4 is 5.32 Å². The Balaban J connectivity index is 1.72. The van der Waals surface area contributed by atoms with Gasteiger partial charge in [0.25, 0.3) is 0 Å². The topological polar surface area (TPSA) is 101 Å².